The fourth-order valence-corrected chi connectivity index (χ4v) is 3.62. The lowest BCUT2D eigenvalue weighted by Gasteiger charge is -2.31. The third-order valence-electron chi connectivity index (χ3n) is 5.27. The van der Waals surface area contributed by atoms with E-state index in [-0.39, 0.29) is 23.4 Å². The fourth-order valence-electron chi connectivity index (χ4n) is 3.62. The summed E-state index contributed by atoms with van der Waals surface area (Å²) in [5.41, 5.74) is 2.87. The van der Waals surface area contributed by atoms with E-state index in [0.29, 0.717) is 44.5 Å². The number of hydrogen-bond acceptors (Lipinski definition) is 4. The monoisotopic (exact) mass is 381 g/mol. The van der Waals surface area contributed by atoms with Gasteiger partial charge in [-0.25, -0.2) is 0 Å². The van der Waals surface area contributed by atoms with Gasteiger partial charge in [-0.2, -0.15) is 0 Å². The number of carbonyl (C=O) groups is 2. The number of phenols is 1. The zero-order valence-electron chi connectivity index (χ0n) is 16.5. The van der Waals surface area contributed by atoms with Crippen LogP contribution in [0.5, 0.6) is 11.5 Å². The molecule has 1 amide bonds. The fraction of sp³-hybridized carbons (Fsp3) is 0.391. The highest BCUT2D eigenvalue weighted by molar-refractivity contribution is 5.98. The highest BCUT2D eigenvalue weighted by Crippen LogP contribution is 2.24. The zero-order chi connectivity index (χ0) is 20.1. The Labute approximate surface area is 165 Å². The number of aromatic hydroxyl groups is 1. The van der Waals surface area contributed by atoms with Gasteiger partial charge in [0.15, 0.2) is 5.78 Å². The van der Waals surface area contributed by atoms with E-state index in [4.69, 9.17) is 4.74 Å². The largest absolute Gasteiger partial charge is 0.508 e. The van der Waals surface area contributed by atoms with Crippen molar-refractivity contribution in [2.45, 2.75) is 33.1 Å². The number of likely N-dealkylation sites (tertiary alicyclic amines) is 1. The van der Waals surface area contributed by atoms with Crippen LogP contribution in [-0.2, 0) is 4.79 Å². The van der Waals surface area contributed by atoms with Gasteiger partial charge in [-0.3, -0.25) is 9.59 Å². The summed E-state index contributed by atoms with van der Waals surface area (Å²) >= 11 is 0. The van der Waals surface area contributed by atoms with E-state index < -0.39 is 0 Å². The smallest absolute Gasteiger partial charge is 0.225 e. The molecule has 1 saturated heterocycles. The van der Waals surface area contributed by atoms with Crippen LogP contribution in [0.25, 0.3) is 0 Å². The number of aryl methyl sites for hydroxylation is 2. The van der Waals surface area contributed by atoms with Crippen molar-refractivity contribution in [2.75, 3.05) is 19.7 Å². The molecule has 1 aliphatic heterocycles. The molecule has 1 fully saturated rings. The minimum atomic E-state index is -0.0694. The van der Waals surface area contributed by atoms with Crippen molar-refractivity contribution in [3.8, 4) is 11.5 Å². The van der Waals surface area contributed by atoms with E-state index in [1.165, 1.54) is 17.7 Å². The lowest BCUT2D eigenvalue weighted by atomic mass is 9.89. The van der Waals surface area contributed by atoms with Crippen LogP contribution in [0.1, 0.15) is 40.7 Å². The van der Waals surface area contributed by atoms with Crippen LogP contribution < -0.4 is 4.74 Å². The standard InChI is InChI=1S/C23H27NO4/c1-16-3-8-21(17(2)15-16)28-14-11-22(26)24-12-9-19(10-13-24)23(27)18-4-6-20(25)7-5-18/h3-8,15,19,25H,9-14H2,1-2H3. The molecule has 0 aromatic heterocycles. The molecule has 1 heterocycles. The first-order valence-corrected chi connectivity index (χ1v) is 9.75. The van der Waals surface area contributed by atoms with Crippen LogP contribution in [0.4, 0.5) is 0 Å². The van der Waals surface area contributed by atoms with E-state index in [1.807, 2.05) is 30.9 Å². The second-order valence-corrected chi connectivity index (χ2v) is 7.43. The number of carbonyl (C=O) groups excluding carboxylic acids is 2. The Kier molecular flexibility index (Phi) is 6.34. The third kappa shape index (κ3) is 4.91. The number of ether oxygens (including phenoxy) is 1. The molecule has 0 atom stereocenters. The molecule has 2 aromatic rings. The van der Waals surface area contributed by atoms with Crippen LogP contribution >= 0.6 is 0 Å². The van der Waals surface area contributed by atoms with E-state index in [2.05, 4.69) is 6.07 Å². The van der Waals surface area contributed by atoms with Gasteiger partial charge < -0.3 is 14.7 Å². The molecule has 1 N–H and O–H groups in total. The number of nitrogens with zero attached hydrogens (tertiary/aromatic N) is 1. The Hall–Kier alpha value is -2.82. The number of ketones is 1. The molecule has 0 spiro atoms. The van der Waals surface area contributed by atoms with Gasteiger partial charge in [0.25, 0.3) is 0 Å². The minimum Gasteiger partial charge on any atom is -0.508 e. The van der Waals surface area contributed by atoms with Gasteiger partial charge in [-0.1, -0.05) is 17.7 Å². The average Bonchev–Trinajstić information content (AvgIpc) is 2.69. The number of Topliss-reactive ketones (excluding diaryl/α,β-unsaturated/α-hetero) is 1. The molecule has 0 aliphatic carbocycles. The Balaban J connectivity index is 1.44. The number of hydrogen-bond donors (Lipinski definition) is 1. The minimum absolute atomic E-state index is 0.0694. The lowest BCUT2D eigenvalue weighted by Crippen LogP contribution is -2.40. The maximum absolute atomic E-state index is 12.6. The van der Waals surface area contributed by atoms with Crippen LogP contribution in [0, 0.1) is 19.8 Å². The van der Waals surface area contributed by atoms with Crippen LogP contribution in [0.2, 0.25) is 0 Å². The summed E-state index contributed by atoms with van der Waals surface area (Å²) in [6, 6.07) is 12.4. The molecule has 148 valence electrons. The molecule has 3 rings (SSSR count). The van der Waals surface area contributed by atoms with Gasteiger partial charge in [0, 0.05) is 24.6 Å². The second-order valence-electron chi connectivity index (χ2n) is 7.43. The SMILES string of the molecule is Cc1ccc(OCCC(=O)N2CCC(C(=O)c3ccc(O)cc3)CC2)c(C)c1. The second kappa shape index (κ2) is 8.91. The van der Waals surface area contributed by atoms with Gasteiger partial charge in [0.05, 0.1) is 13.0 Å². The van der Waals surface area contributed by atoms with E-state index in [0.717, 1.165) is 11.3 Å². The summed E-state index contributed by atoms with van der Waals surface area (Å²) in [6.07, 6.45) is 1.68. The molecule has 5 nitrogen and oxygen atoms in total. The predicted molar refractivity (Wildman–Crippen MR) is 108 cm³/mol. The van der Waals surface area contributed by atoms with Gasteiger partial charge >= 0.3 is 0 Å². The summed E-state index contributed by atoms with van der Waals surface area (Å²) in [5, 5.41) is 9.35. The highest BCUT2D eigenvalue weighted by atomic mass is 16.5. The van der Waals surface area contributed by atoms with Gasteiger partial charge in [-0.15, -0.1) is 0 Å². The summed E-state index contributed by atoms with van der Waals surface area (Å²) in [5.74, 6) is 1.06. The molecule has 28 heavy (non-hydrogen) atoms. The molecule has 0 unspecified atom stereocenters. The molecule has 0 saturated carbocycles. The molecule has 0 radical (unpaired) electrons. The zero-order valence-corrected chi connectivity index (χ0v) is 16.5. The molecular formula is C23H27NO4. The number of amides is 1. The van der Waals surface area contributed by atoms with Crippen LogP contribution in [0.15, 0.2) is 42.5 Å². The summed E-state index contributed by atoms with van der Waals surface area (Å²) in [4.78, 5) is 26.8. The summed E-state index contributed by atoms with van der Waals surface area (Å²) in [7, 11) is 0. The number of phenolic OH excluding ortho intramolecular Hbond substituents is 1. The maximum atomic E-state index is 12.6. The first-order valence-electron chi connectivity index (χ1n) is 9.75. The summed E-state index contributed by atoms with van der Waals surface area (Å²) < 4.78 is 5.76. The van der Waals surface area contributed by atoms with Crippen molar-refractivity contribution >= 4 is 11.7 Å². The molecule has 0 bridgehead atoms. The van der Waals surface area contributed by atoms with E-state index >= 15 is 0 Å². The van der Waals surface area contributed by atoms with Crippen molar-refractivity contribution in [1.82, 2.24) is 4.90 Å². The van der Waals surface area contributed by atoms with Gasteiger partial charge in [-0.05, 0) is 62.6 Å². The van der Waals surface area contributed by atoms with Crippen molar-refractivity contribution in [2.24, 2.45) is 5.92 Å². The number of rotatable bonds is 6. The van der Waals surface area contributed by atoms with Gasteiger partial charge in [0.1, 0.15) is 11.5 Å². The Bertz CT molecular complexity index is 836. The topological polar surface area (TPSA) is 66.8 Å². The molecular weight excluding hydrogens is 354 g/mol. The highest BCUT2D eigenvalue weighted by Gasteiger charge is 2.27. The Morgan fingerprint density at radius 3 is 2.39 bits per heavy atom. The maximum Gasteiger partial charge on any atom is 0.225 e. The first kappa shape index (κ1) is 19.9. The molecule has 2 aromatic carbocycles. The lowest BCUT2D eigenvalue weighted by molar-refractivity contribution is -0.132. The average molecular weight is 381 g/mol. The predicted octanol–water partition coefficient (Wildman–Crippen LogP) is 3.90. The van der Waals surface area contributed by atoms with Crippen molar-refractivity contribution < 1.29 is 19.4 Å². The van der Waals surface area contributed by atoms with Crippen LogP contribution in [0.3, 0.4) is 0 Å². The normalized spacial score (nSPS) is 14.7. The van der Waals surface area contributed by atoms with E-state index in [1.54, 1.807) is 12.1 Å². The number of benzene rings is 2. The quantitative estimate of drug-likeness (QED) is 0.771. The van der Waals surface area contributed by atoms with Crippen molar-refractivity contribution in [3.05, 3.63) is 59.2 Å². The van der Waals surface area contributed by atoms with Crippen molar-refractivity contribution in [1.29, 1.82) is 0 Å². The molecule has 1 aliphatic rings. The van der Waals surface area contributed by atoms with Crippen LogP contribution in [-0.4, -0.2) is 41.4 Å². The molecule has 5 heteroatoms. The Morgan fingerprint density at radius 1 is 1.07 bits per heavy atom. The Morgan fingerprint density at radius 2 is 1.75 bits per heavy atom. The first-order chi connectivity index (χ1) is 13.4. The summed E-state index contributed by atoms with van der Waals surface area (Å²) in [6.45, 7) is 5.58. The third-order valence-corrected chi connectivity index (χ3v) is 5.27. The van der Waals surface area contributed by atoms with E-state index in [9.17, 15) is 14.7 Å². The van der Waals surface area contributed by atoms with Crippen molar-refractivity contribution in [3.63, 3.8) is 0 Å². The number of piperidine rings is 1. The van der Waals surface area contributed by atoms with Gasteiger partial charge in [0.2, 0.25) is 5.91 Å².